The quantitative estimate of drug-likeness (QED) is 0.875. The number of benzene rings is 1. The predicted octanol–water partition coefficient (Wildman–Crippen LogP) is 3.16. The van der Waals surface area contributed by atoms with Crippen molar-refractivity contribution >= 4 is 0 Å². The molecular formula is C16H21F2NO2. The molecule has 3 nitrogen and oxygen atoms in total. The molecule has 116 valence electrons. The molecule has 1 heterocycles. The molecule has 5 heteroatoms. The summed E-state index contributed by atoms with van der Waals surface area (Å²) in [7, 11) is 0. The van der Waals surface area contributed by atoms with E-state index in [1.54, 1.807) is 0 Å². The van der Waals surface area contributed by atoms with Crippen LogP contribution in [0.5, 0.6) is 5.75 Å². The van der Waals surface area contributed by atoms with Crippen molar-refractivity contribution in [2.24, 2.45) is 0 Å². The van der Waals surface area contributed by atoms with Crippen LogP contribution < -0.4 is 10.1 Å². The second-order valence-corrected chi connectivity index (χ2v) is 5.84. The van der Waals surface area contributed by atoms with Crippen LogP contribution in [0.1, 0.15) is 37.7 Å². The largest absolute Gasteiger partial charge is 0.485 e. The van der Waals surface area contributed by atoms with Gasteiger partial charge in [-0.3, -0.25) is 0 Å². The van der Waals surface area contributed by atoms with Crippen molar-refractivity contribution in [3.8, 4) is 5.75 Å². The van der Waals surface area contributed by atoms with Gasteiger partial charge in [-0.2, -0.15) is 0 Å². The molecule has 21 heavy (non-hydrogen) atoms. The van der Waals surface area contributed by atoms with Gasteiger partial charge in [0, 0.05) is 19.2 Å². The molecule has 1 unspecified atom stereocenters. The average molecular weight is 297 g/mol. The first-order valence-corrected chi connectivity index (χ1v) is 7.68. The fourth-order valence-electron chi connectivity index (χ4n) is 2.52. The molecule has 1 aromatic carbocycles. The number of halogens is 2. The van der Waals surface area contributed by atoms with Gasteiger partial charge in [0.1, 0.15) is 6.61 Å². The fourth-order valence-corrected chi connectivity index (χ4v) is 2.52. The summed E-state index contributed by atoms with van der Waals surface area (Å²) < 4.78 is 38.7. The van der Waals surface area contributed by atoms with E-state index in [0.717, 1.165) is 32.1 Å². The lowest BCUT2D eigenvalue weighted by Gasteiger charge is -2.22. The minimum atomic E-state index is -0.640. The zero-order valence-corrected chi connectivity index (χ0v) is 12.0. The summed E-state index contributed by atoms with van der Waals surface area (Å²) in [6, 6.07) is 3.20. The summed E-state index contributed by atoms with van der Waals surface area (Å²) >= 11 is 0. The summed E-state index contributed by atoms with van der Waals surface area (Å²) in [4.78, 5) is 0. The second kappa shape index (κ2) is 6.71. The SMILES string of the molecule is Fc1cc(CNC2CC2)cc(F)c1OCC1CCCCO1. The zero-order chi connectivity index (χ0) is 14.7. The molecule has 0 spiro atoms. The second-order valence-electron chi connectivity index (χ2n) is 5.84. The van der Waals surface area contributed by atoms with Gasteiger partial charge in [-0.15, -0.1) is 0 Å². The smallest absolute Gasteiger partial charge is 0.190 e. The summed E-state index contributed by atoms with van der Waals surface area (Å²) in [5.41, 5.74) is 0.609. The highest BCUT2D eigenvalue weighted by Gasteiger charge is 2.21. The van der Waals surface area contributed by atoms with Crippen LogP contribution in [0.2, 0.25) is 0 Å². The summed E-state index contributed by atoms with van der Waals surface area (Å²) in [6.07, 6.45) is 5.23. The lowest BCUT2D eigenvalue weighted by atomic mass is 10.1. The molecule has 0 bridgehead atoms. The molecule has 0 aromatic heterocycles. The van der Waals surface area contributed by atoms with E-state index in [-0.39, 0.29) is 18.5 Å². The summed E-state index contributed by atoms with van der Waals surface area (Å²) in [6.45, 7) is 1.39. The number of nitrogens with one attached hydrogen (secondary N) is 1. The van der Waals surface area contributed by atoms with Crippen molar-refractivity contribution in [3.05, 3.63) is 29.3 Å². The van der Waals surface area contributed by atoms with Crippen LogP contribution in [0.25, 0.3) is 0 Å². The van der Waals surface area contributed by atoms with E-state index in [1.165, 1.54) is 12.1 Å². The van der Waals surface area contributed by atoms with E-state index < -0.39 is 11.6 Å². The van der Waals surface area contributed by atoms with Crippen LogP contribution in [0, 0.1) is 11.6 Å². The minimum absolute atomic E-state index is 0.0613. The molecule has 2 fully saturated rings. The number of hydrogen-bond acceptors (Lipinski definition) is 3. The Balaban J connectivity index is 1.58. The Morgan fingerprint density at radius 2 is 1.90 bits per heavy atom. The maximum absolute atomic E-state index is 14.0. The molecule has 3 rings (SSSR count). The summed E-state index contributed by atoms with van der Waals surface area (Å²) in [5.74, 6) is -1.57. The van der Waals surface area contributed by atoms with Gasteiger partial charge >= 0.3 is 0 Å². The molecule has 1 aliphatic heterocycles. The van der Waals surface area contributed by atoms with Gasteiger partial charge in [-0.25, -0.2) is 8.78 Å². The fraction of sp³-hybridized carbons (Fsp3) is 0.625. The molecule has 1 saturated heterocycles. The van der Waals surface area contributed by atoms with Gasteiger partial charge in [0.25, 0.3) is 0 Å². The van der Waals surface area contributed by atoms with E-state index >= 15 is 0 Å². The maximum Gasteiger partial charge on any atom is 0.190 e. The highest BCUT2D eigenvalue weighted by Crippen LogP contribution is 2.25. The third-order valence-corrected chi connectivity index (χ3v) is 3.92. The van der Waals surface area contributed by atoms with Gasteiger partial charge < -0.3 is 14.8 Å². The van der Waals surface area contributed by atoms with Crippen LogP contribution >= 0.6 is 0 Å². The molecule has 1 aromatic rings. The molecule has 1 N–H and O–H groups in total. The number of ether oxygens (including phenoxy) is 2. The van der Waals surface area contributed by atoms with Crippen LogP contribution in [0.3, 0.4) is 0 Å². The minimum Gasteiger partial charge on any atom is -0.485 e. The molecule has 1 atom stereocenters. The van der Waals surface area contributed by atoms with Crippen LogP contribution in [0.15, 0.2) is 12.1 Å². The zero-order valence-electron chi connectivity index (χ0n) is 12.0. The standard InChI is InChI=1S/C16H21F2NO2/c17-14-7-11(9-19-12-4-5-12)8-15(18)16(14)21-10-13-3-1-2-6-20-13/h7-8,12-13,19H,1-6,9-10H2. The lowest BCUT2D eigenvalue weighted by Crippen LogP contribution is -2.26. The third kappa shape index (κ3) is 4.14. The Morgan fingerprint density at radius 3 is 2.52 bits per heavy atom. The van der Waals surface area contributed by atoms with Gasteiger partial charge in [0.05, 0.1) is 6.10 Å². The van der Waals surface area contributed by atoms with Crippen molar-refractivity contribution in [1.29, 1.82) is 0 Å². The Hall–Kier alpha value is -1.20. The first-order valence-electron chi connectivity index (χ1n) is 7.68. The van der Waals surface area contributed by atoms with E-state index in [0.29, 0.717) is 24.8 Å². The Morgan fingerprint density at radius 1 is 1.14 bits per heavy atom. The Kier molecular flexibility index (Phi) is 4.70. The van der Waals surface area contributed by atoms with Crippen molar-refractivity contribution in [2.45, 2.75) is 50.8 Å². The van der Waals surface area contributed by atoms with Crippen LogP contribution in [-0.2, 0) is 11.3 Å². The average Bonchev–Trinajstić information content (AvgIpc) is 3.29. The topological polar surface area (TPSA) is 30.5 Å². The van der Waals surface area contributed by atoms with Gasteiger partial charge in [0.2, 0.25) is 0 Å². The van der Waals surface area contributed by atoms with Crippen molar-refractivity contribution in [3.63, 3.8) is 0 Å². The van der Waals surface area contributed by atoms with E-state index in [2.05, 4.69) is 5.32 Å². The highest BCUT2D eigenvalue weighted by atomic mass is 19.1. The van der Waals surface area contributed by atoms with E-state index in [9.17, 15) is 8.78 Å². The van der Waals surface area contributed by atoms with Crippen molar-refractivity contribution < 1.29 is 18.3 Å². The monoisotopic (exact) mass is 297 g/mol. The predicted molar refractivity (Wildman–Crippen MR) is 75.3 cm³/mol. The normalized spacial score (nSPS) is 22.3. The van der Waals surface area contributed by atoms with Gasteiger partial charge in [0.15, 0.2) is 17.4 Å². The third-order valence-electron chi connectivity index (χ3n) is 3.92. The lowest BCUT2D eigenvalue weighted by molar-refractivity contribution is -0.0124. The van der Waals surface area contributed by atoms with Crippen LogP contribution in [0.4, 0.5) is 8.78 Å². The summed E-state index contributed by atoms with van der Waals surface area (Å²) in [5, 5.41) is 3.24. The molecular weight excluding hydrogens is 276 g/mol. The Labute approximate surface area is 123 Å². The molecule has 2 aliphatic rings. The molecule has 0 radical (unpaired) electrons. The first-order chi connectivity index (χ1) is 10.2. The van der Waals surface area contributed by atoms with E-state index in [4.69, 9.17) is 9.47 Å². The molecule has 0 amide bonds. The van der Waals surface area contributed by atoms with Crippen LogP contribution in [-0.4, -0.2) is 25.4 Å². The first kappa shape index (κ1) is 14.7. The maximum atomic E-state index is 14.0. The van der Waals surface area contributed by atoms with E-state index in [1.807, 2.05) is 0 Å². The van der Waals surface area contributed by atoms with Crippen molar-refractivity contribution in [1.82, 2.24) is 5.32 Å². The number of hydrogen-bond donors (Lipinski definition) is 1. The van der Waals surface area contributed by atoms with Crippen molar-refractivity contribution in [2.75, 3.05) is 13.2 Å². The molecule has 1 aliphatic carbocycles. The van der Waals surface area contributed by atoms with Gasteiger partial charge in [-0.1, -0.05) is 0 Å². The number of rotatable bonds is 6. The van der Waals surface area contributed by atoms with Gasteiger partial charge in [-0.05, 0) is 49.8 Å². The Bertz CT molecular complexity index is 462. The molecule has 1 saturated carbocycles. The highest BCUT2D eigenvalue weighted by molar-refractivity contribution is 5.31.